The standard InChI is InChI=1S/C7H6FN5/c8-5-1-6(3-11-2-5)13-7(10)12-4-9/h1-3H,(H3,10,12,13). The van der Waals surface area contributed by atoms with Crippen LogP contribution in [0.3, 0.4) is 0 Å². The molecule has 0 saturated heterocycles. The molecule has 1 aromatic heterocycles. The number of aromatic nitrogens is 1. The zero-order valence-electron chi connectivity index (χ0n) is 6.53. The molecule has 0 aromatic carbocycles. The smallest absolute Gasteiger partial charge is 0.207 e. The minimum absolute atomic E-state index is 0.102. The molecule has 0 saturated carbocycles. The van der Waals surface area contributed by atoms with Crippen molar-refractivity contribution < 1.29 is 4.39 Å². The fraction of sp³-hybridized carbons (Fsp3) is 0. The van der Waals surface area contributed by atoms with Gasteiger partial charge in [0.05, 0.1) is 18.1 Å². The van der Waals surface area contributed by atoms with Crippen molar-refractivity contribution in [2.24, 2.45) is 10.7 Å². The van der Waals surface area contributed by atoms with E-state index in [1.165, 1.54) is 6.20 Å². The van der Waals surface area contributed by atoms with Crippen molar-refractivity contribution >= 4 is 11.6 Å². The van der Waals surface area contributed by atoms with Crippen LogP contribution >= 0.6 is 0 Å². The van der Waals surface area contributed by atoms with Crippen LogP contribution in [0, 0.1) is 17.3 Å². The van der Waals surface area contributed by atoms with Crippen LogP contribution < -0.4 is 11.1 Å². The zero-order valence-corrected chi connectivity index (χ0v) is 6.53. The summed E-state index contributed by atoms with van der Waals surface area (Å²) >= 11 is 0. The van der Waals surface area contributed by atoms with E-state index in [1.807, 2.05) is 0 Å². The van der Waals surface area contributed by atoms with E-state index >= 15 is 0 Å². The number of nitriles is 1. The Hall–Kier alpha value is -2.16. The maximum atomic E-state index is 12.5. The van der Waals surface area contributed by atoms with Crippen LogP contribution in [0.1, 0.15) is 0 Å². The highest BCUT2D eigenvalue weighted by Gasteiger charge is 1.94. The first-order valence-corrected chi connectivity index (χ1v) is 3.32. The lowest BCUT2D eigenvalue weighted by Gasteiger charge is -1.95. The van der Waals surface area contributed by atoms with Crippen LogP contribution in [0.2, 0.25) is 0 Å². The lowest BCUT2D eigenvalue weighted by atomic mass is 10.4. The van der Waals surface area contributed by atoms with E-state index in [0.717, 1.165) is 12.3 Å². The predicted molar refractivity (Wildman–Crippen MR) is 44.2 cm³/mol. The molecule has 0 bridgehead atoms. The number of rotatable bonds is 1. The molecule has 0 fully saturated rings. The topological polar surface area (TPSA) is 87.1 Å². The van der Waals surface area contributed by atoms with Gasteiger partial charge in [-0.1, -0.05) is 0 Å². The van der Waals surface area contributed by atoms with E-state index in [4.69, 9.17) is 11.0 Å². The Morgan fingerprint density at radius 3 is 3.08 bits per heavy atom. The van der Waals surface area contributed by atoms with Crippen molar-refractivity contribution in [3.63, 3.8) is 0 Å². The molecule has 66 valence electrons. The Bertz CT molecular complexity index is 367. The van der Waals surface area contributed by atoms with Crippen LogP contribution in [0.25, 0.3) is 0 Å². The largest absolute Gasteiger partial charge is 0.369 e. The highest BCUT2D eigenvalue weighted by atomic mass is 19.1. The van der Waals surface area contributed by atoms with E-state index in [0.29, 0.717) is 0 Å². The summed E-state index contributed by atoms with van der Waals surface area (Å²) in [7, 11) is 0. The second kappa shape index (κ2) is 4.01. The summed E-state index contributed by atoms with van der Waals surface area (Å²) in [6.07, 6.45) is 3.96. The van der Waals surface area contributed by atoms with Gasteiger partial charge in [-0.2, -0.15) is 5.26 Å². The van der Waals surface area contributed by atoms with Gasteiger partial charge in [-0.15, -0.1) is 0 Å². The Morgan fingerprint density at radius 2 is 2.46 bits per heavy atom. The molecule has 1 aromatic rings. The minimum atomic E-state index is -0.508. The second-order valence-electron chi connectivity index (χ2n) is 2.10. The molecule has 1 heterocycles. The lowest BCUT2D eigenvalue weighted by molar-refractivity contribution is 0.622. The molecule has 0 aliphatic carbocycles. The molecular formula is C7H6FN5. The normalized spacial score (nSPS) is 10.6. The van der Waals surface area contributed by atoms with Gasteiger partial charge < -0.3 is 5.73 Å². The Labute approximate surface area is 73.7 Å². The Balaban J connectivity index is 2.86. The quantitative estimate of drug-likeness (QED) is 0.280. The maximum absolute atomic E-state index is 12.5. The van der Waals surface area contributed by atoms with Gasteiger partial charge in [-0.25, -0.2) is 9.38 Å². The molecular weight excluding hydrogens is 173 g/mol. The average molecular weight is 179 g/mol. The van der Waals surface area contributed by atoms with Crippen molar-refractivity contribution in [1.29, 1.82) is 5.26 Å². The van der Waals surface area contributed by atoms with Gasteiger partial charge in [0, 0.05) is 6.07 Å². The Kier molecular flexibility index (Phi) is 2.76. The summed E-state index contributed by atoms with van der Waals surface area (Å²) in [5.41, 5.74) is 5.48. The van der Waals surface area contributed by atoms with Crippen LogP contribution in [0.15, 0.2) is 23.5 Å². The SMILES string of the molecule is N#CNC(N)=Nc1cncc(F)c1. The summed E-state index contributed by atoms with van der Waals surface area (Å²) in [4.78, 5) is 7.22. The molecule has 13 heavy (non-hydrogen) atoms. The number of pyridine rings is 1. The maximum Gasteiger partial charge on any atom is 0.207 e. The number of nitrogens with zero attached hydrogens (tertiary/aromatic N) is 3. The first kappa shape index (κ1) is 8.93. The molecule has 0 atom stereocenters. The third-order valence-electron chi connectivity index (χ3n) is 1.12. The van der Waals surface area contributed by atoms with Crippen molar-refractivity contribution in [3.05, 3.63) is 24.3 Å². The summed E-state index contributed by atoms with van der Waals surface area (Å²) < 4.78 is 12.5. The fourth-order valence-corrected chi connectivity index (χ4v) is 0.686. The van der Waals surface area contributed by atoms with Crippen molar-refractivity contribution in [2.45, 2.75) is 0 Å². The van der Waals surface area contributed by atoms with Gasteiger partial charge in [0.25, 0.3) is 0 Å². The van der Waals surface area contributed by atoms with Gasteiger partial charge in [-0.05, 0) is 0 Å². The van der Waals surface area contributed by atoms with Gasteiger partial charge in [0.1, 0.15) is 5.82 Å². The third kappa shape index (κ3) is 2.75. The fourth-order valence-electron chi connectivity index (χ4n) is 0.686. The zero-order chi connectivity index (χ0) is 9.68. The van der Waals surface area contributed by atoms with Crippen LogP contribution in [0.4, 0.5) is 10.1 Å². The van der Waals surface area contributed by atoms with E-state index < -0.39 is 5.82 Å². The highest BCUT2D eigenvalue weighted by Crippen LogP contribution is 2.09. The van der Waals surface area contributed by atoms with Gasteiger partial charge in [0.2, 0.25) is 5.96 Å². The molecule has 0 radical (unpaired) electrons. The number of nitrogens with two attached hydrogens (primary N) is 1. The number of hydrogen-bond acceptors (Lipinski definition) is 3. The molecule has 0 unspecified atom stereocenters. The van der Waals surface area contributed by atoms with Crippen molar-refractivity contribution in [3.8, 4) is 6.19 Å². The molecule has 1 rings (SSSR count). The third-order valence-corrected chi connectivity index (χ3v) is 1.12. The summed E-state index contributed by atoms with van der Waals surface area (Å²) in [6.45, 7) is 0. The number of aliphatic imine (C=N–C) groups is 1. The first-order valence-electron chi connectivity index (χ1n) is 3.32. The highest BCUT2D eigenvalue weighted by molar-refractivity contribution is 5.81. The van der Waals surface area contributed by atoms with Crippen LogP contribution in [-0.2, 0) is 0 Å². The van der Waals surface area contributed by atoms with E-state index in [-0.39, 0.29) is 11.6 Å². The molecule has 3 N–H and O–H groups in total. The summed E-state index contributed by atoms with van der Waals surface area (Å²) in [6, 6.07) is 1.15. The van der Waals surface area contributed by atoms with Crippen LogP contribution in [0.5, 0.6) is 0 Å². The average Bonchev–Trinajstić information content (AvgIpc) is 2.04. The van der Waals surface area contributed by atoms with E-state index in [2.05, 4.69) is 15.3 Å². The summed E-state index contributed by atoms with van der Waals surface area (Å²) in [5.74, 6) is -0.610. The number of halogens is 1. The van der Waals surface area contributed by atoms with Gasteiger partial charge in [0.15, 0.2) is 6.19 Å². The van der Waals surface area contributed by atoms with Crippen molar-refractivity contribution in [1.82, 2.24) is 10.3 Å². The van der Waals surface area contributed by atoms with Crippen LogP contribution in [-0.4, -0.2) is 10.9 Å². The predicted octanol–water partition coefficient (Wildman–Crippen LogP) is 0.238. The van der Waals surface area contributed by atoms with E-state index in [1.54, 1.807) is 6.19 Å². The second-order valence-corrected chi connectivity index (χ2v) is 2.10. The monoisotopic (exact) mass is 179 g/mol. The lowest BCUT2D eigenvalue weighted by Crippen LogP contribution is -2.26. The molecule has 0 spiro atoms. The number of nitrogens with one attached hydrogen (secondary N) is 1. The molecule has 6 heteroatoms. The molecule has 0 aliphatic heterocycles. The molecule has 5 nitrogen and oxygen atoms in total. The molecule has 0 amide bonds. The summed E-state index contributed by atoms with van der Waals surface area (Å²) in [5, 5.41) is 10.3. The van der Waals surface area contributed by atoms with Crippen molar-refractivity contribution in [2.75, 3.05) is 0 Å². The van der Waals surface area contributed by atoms with E-state index in [9.17, 15) is 4.39 Å². The number of guanidine groups is 1. The Morgan fingerprint density at radius 1 is 1.69 bits per heavy atom. The first-order chi connectivity index (χ1) is 6.22. The molecule has 0 aliphatic rings. The van der Waals surface area contributed by atoms with Gasteiger partial charge in [-0.3, -0.25) is 10.3 Å². The number of hydrogen-bond donors (Lipinski definition) is 2. The minimum Gasteiger partial charge on any atom is -0.369 e. The van der Waals surface area contributed by atoms with Gasteiger partial charge >= 0.3 is 0 Å².